The van der Waals surface area contributed by atoms with Crippen LogP contribution < -0.4 is 4.74 Å². The van der Waals surface area contributed by atoms with Gasteiger partial charge in [-0.15, -0.1) is 0 Å². The second kappa shape index (κ2) is 13.3. The van der Waals surface area contributed by atoms with E-state index in [9.17, 15) is 9.90 Å². The number of aryl methyl sites for hydroxylation is 2. The van der Waals surface area contributed by atoms with E-state index in [0.717, 1.165) is 93.3 Å². The Kier molecular flexibility index (Phi) is 9.61. The van der Waals surface area contributed by atoms with Crippen LogP contribution in [0.1, 0.15) is 56.2 Å². The van der Waals surface area contributed by atoms with E-state index in [2.05, 4.69) is 32.0 Å². The molecule has 4 rings (SSSR count). The smallest absolute Gasteiger partial charge is 0.303 e. The van der Waals surface area contributed by atoms with Crippen LogP contribution in [0.5, 0.6) is 5.75 Å². The SMILES string of the molecule is COc1ccc2nccc(CCCC3CCN(CCCCc4cnccn4)CC3CCC(=O)O)c2c1. The van der Waals surface area contributed by atoms with Gasteiger partial charge in [-0.3, -0.25) is 19.7 Å². The van der Waals surface area contributed by atoms with Crippen molar-refractivity contribution in [3.05, 3.63) is 60.3 Å². The van der Waals surface area contributed by atoms with Crippen LogP contribution in [-0.4, -0.2) is 57.7 Å². The molecule has 7 nitrogen and oxygen atoms in total. The maximum atomic E-state index is 11.3. The van der Waals surface area contributed by atoms with Gasteiger partial charge in [0.25, 0.3) is 0 Å². The van der Waals surface area contributed by atoms with E-state index in [4.69, 9.17) is 4.74 Å². The summed E-state index contributed by atoms with van der Waals surface area (Å²) in [6, 6.07) is 8.17. The Morgan fingerprint density at radius 1 is 1.06 bits per heavy atom. The Hall–Kier alpha value is -3.06. The molecule has 2 aromatic heterocycles. The number of piperidine rings is 1. The van der Waals surface area contributed by atoms with Gasteiger partial charge in [0, 0.05) is 43.1 Å². The van der Waals surface area contributed by atoms with E-state index in [1.54, 1.807) is 19.5 Å². The maximum absolute atomic E-state index is 11.3. The minimum atomic E-state index is -0.688. The number of benzene rings is 1. The largest absolute Gasteiger partial charge is 0.497 e. The van der Waals surface area contributed by atoms with Gasteiger partial charge in [0.15, 0.2) is 0 Å². The van der Waals surface area contributed by atoms with E-state index >= 15 is 0 Å². The molecule has 0 radical (unpaired) electrons. The first-order valence-corrected chi connectivity index (χ1v) is 13.2. The number of aromatic nitrogens is 3. The van der Waals surface area contributed by atoms with Crippen LogP contribution in [0.3, 0.4) is 0 Å². The van der Waals surface area contributed by atoms with Gasteiger partial charge in [0.1, 0.15) is 5.75 Å². The number of methoxy groups -OCH3 is 1. The second-order valence-corrected chi connectivity index (χ2v) is 9.94. The van der Waals surface area contributed by atoms with Crippen LogP contribution in [-0.2, 0) is 17.6 Å². The van der Waals surface area contributed by atoms with Gasteiger partial charge in [-0.2, -0.15) is 0 Å². The van der Waals surface area contributed by atoms with Crippen LogP contribution in [0.15, 0.2) is 49.1 Å². The molecule has 0 aliphatic carbocycles. The van der Waals surface area contributed by atoms with Crippen LogP contribution in [0.25, 0.3) is 10.9 Å². The summed E-state index contributed by atoms with van der Waals surface area (Å²) in [5.41, 5.74) is 3.36. The average molecular weight is 491 g/mol. The van der Waals surface area contributed by atoms with Gasteiger partial charge in [-0.05, 0) is 106 Å². The van der Waals surface area contributed by atoms with Crippen molar-refractivity contribution in [3.63, 3.8) is 0 Å². The van der Waals surface area contributed by atoms with Crippen LogP contribution >= 0.6 is 0 Å². The summed E-state index contributed by atoms with van der Waals surface area (Å²) in [6.07, 6.45) is 15.8. The second-order valence-electron chi connectivity index (χ2n) is 9.94. The number of carboxylic acid groups (broad SMARTS) is 1. The highest BCUT2D eigenvalue weighted by Gasteiger charge is 2.29. The van der Waals surface area contributed by atoms with Crippen molar-refractivity contribution < 1.29 is 14.6 Å². The van der Waals surface area contributed by atoms with Crippen LogP contribution in [0.2, 0.25) is 0 Å². The molecule has 0 saturated carbocycles. The van der Waals surface area contributed by atoms with E-state index in [-0.39, 0.29) is 6.42 Å². The number of aliphatic carboxylic acids is 1. The summed E-state index contributed by atoms with van der Waals surface area (Å²) in [7, 11) is 1.69. The van der Waals surface area contributed by atoms with E-state index in [1.807, 2.05) is 24.5 Å². The molecule has 192 valence electrons. The monoisotopic (exact) mass is 490 g/mol. The molecule has 1 N–H and O–H groups in total. The molecular weight excluding hydrogens is 452 g/mol. The topological polar surface area (TPSA) is 88.4 Å². The number of nitrogens with zero attached hydrogens (tertiary/aromatic N) is 4. The van der Waals surface area contributed by atoms with Crippen molar-refractivity contribution >= 4 is 16.9 Å². The highest BCUT2D eigenvalue weighted by atomic mass is 16.5. The Bertz CT molecular complexity index is 1110. The Balaban J connectivity index is 1.28. The number of rotatable bonds is 13. The number of hydrogen-bond acceptors (Lipinski definition) is 6. The van der Waals surface area contributed by atoms with Crippen molar-refractivity contribution in [2.45, 2.75) is 57.8 Å². The zero-order chi connectivity index (χ0) is 25.2. The number of fused-ring (bicyclic) bond motifs is 1. The Morgan fingerprint density at radius 3 is 2.78 bits per heavy atom. The standard InChI is InChI=1S/C29H38N4O3/c1-36-26-9-10-28-27(19-26)23(12-14-32-28)6-4-5-22-13-18-33(21-24(22)8-11-29(34)35)17-3-2-7-25-20-30-15-16-31-25/h9-10,12,14-16,19-20,22,24H,2-8,11,13,17-18,21H2,1H3,(H,34,35). The molecule has 3 aromatic rings. The number of carboxylic acids is 1. The van der Waals surface area contributed by atoms with E-state index in [0.29, 0.717) is 11.8 Å². The highest BCUT2D eigenvalue weighted by molar-refractivity contribution is 5.83. The average Bonchev–Trinajstić information content (AvgIpc) is 2.91. The summed E-state index contributed by atoms with van der Waals surface area (Å²) < 4.78 is 5.42. The van der Waals surface area contributed by atoms with Gasteiger partial charge in [-0.1, -0.05) is 0 Å². The lowest BCUT2D eigenvalue weighted by molar-refractivity contribution is -0.137. The van der Waals surface area contributed by atoms with Crippen molar-refractivity contribution in [2.24, 2.45) is 11.8 Å². The van der Waals surface area contributed by atoms with Crippen molar-refractivity contribution in [3.8, 4) is 5.75 Å². The summed E-state index contributed by atoms with van der Waals surface area (Å²) in [5, 5.41) is 10.5. The molecule has 36 heavy (non-hydrogen) atoms. The molecule has 0 amide bonds. The van der Waals surface area contributed by atoms with Gasteiger partial charge in [-0.25, -0.2) is 0 Å². The molecule has 2 unspecified atom stereocenters. The fourth-order valence-corrected chi connectivity index (χ4v) is 5.56. The molecular formula is C29H38N4O3. The molecule has 1 saturated heterocycles. The third kappa shape index (κ3) is 7.47. The van der Waals surface area contributed by atoms with E-state index < -0.39 is 5.97 Å². The Morgan fingerprint density at radius 2 is 1.97 bits per heavy atom. The van der Waals surface area contributed by atoms with Crippen molar-refractivity contribution in [1.29, 1.82) is 0 Å². The predicted octanol–water partition coefficient (Wildman–Crippen LogP) is 5.18. The fourth-order valence-electron chi connectivity index (χ4n) is 5.56. The molecule has 3 heterocycles. The number of hydrogen-bond donors (Lipinski definition) is 1. The minimum Gasteiger partial charge on any atom is -0.497 e. The number of carbonyl (C=O) groups is 1. The van der Waals surface area contributed by atoms with E-state index in [1.165, 1.54) is 5.56 Å². The minimum absolute atomic E-state index is 0.260. The number of likely N-dealkylation sites (tertiary alicyclic amines) is 1. The Labute approximate surface area is 213 Å². The third-order valence-corrected chi connectivity index (χ3v) is 7.54. The summed E-state index contributed by atoms with van der Waals surface area (Å²) in [4.78, 5) is 26.9. The zero-order valence-electron chi connectivity index (χ0n) is 21.3. The quantitative estimate of drug-likeness (QED) is 0.330. The lowest BCUT2D eigenvalue weighted by atomic mass is 9.79. The molecule has 7 heteroatoms. The summed E-state index contributed by atoms with van der Waals surface area (Å²) >= 11 is 0. The predicted molar refractivity (Wildman–Crippen MR) is 141 cm³/mol. The first-order chi connectivity index (χ1) is 17.6. The fraction of sp³-hybridized carbons (Fsp3) is 0.517. The highest BCUT2D eigenvalue weighted by Crippen LogP contribution is 2.32. The van der Waals surface area contributed by atoms with Crippen molar-refractivity contribution in [1.82, 2.24) is 19.9 Å². The van der Waals surface area contributed by atoms with Crippen molar-refractivity contribution in [2.75, 3.05) is 26.7 Å². The van der Waals surface area contributed by atoms with Gasteiger partial charge in [0.2, 0.25) is 0 Å². The summed E-state index contributed by atoms with van der Waals surface area (Å²) in [6.45, 7) is 3.19. The maximum Gasteiger partial charge on any atom is 0.303 e. The number of pyridine rings is 1. The molecule has 2 atom stereocenters. The third-order valence-electron chi connectivity index (χ3n) is 7.54. The molecule has 1 aliphatic rings. The normalized spacial score (nSPS) is 18.4. The van der Waals surface area contributed by atoms with Gasteiger partial charge in [0.05, 0.1) is 18.3 Å². The molecule has 0 bridgehead atoms. The molecule has 0 spiro atoms. The molecule has 1 aliphatic heterocycles. The first kappa shape index (κ1) is 26.0. The first-order valence-electron chi connectivity index (χ1n) is 13.2. The summed E-state index contributed by atoms with van der Waals surface area (Å²) in [5.74, 6) is 1.20. The number of unbranched alkanes of at least 4 members (excludes halogenated alkanes) is 1. The van der Waals surface area contributed by atoms with Crippen LogP contribution in [0, 0.1) is 11.8 Å². The number of ether oxygens (including phenoxy) is 1. The van der Waals surface area contributed by atoms with Crippen LogP contribution in [0.4, 0.5) is 0 Å². The molecule has 1 aromatic carbocycles. The lowest BCUT2D eigenvalue weighted by Crippen LogP contribution is -2.41. The zero-order valence-corrected chi connectivity index (χ0v) is 21.3. The molecule has 1 fully saturated rings. The van der Waals surface area contributed by atoms with Gasteiger partial charge >= 0.3 is 5.97 Å². The lowest BCUT2D eigenvalue weighted by Gasteiger charge is -2.39. The van der Waals surface area contributed by atoms with Gasteiger partial charge < -0.3 is 14.7 Å².